The normalized spacial score (nSPS) is 33.6. The van der Waals surface area contributed by atoms with Gasteiger partial charge in [-0.1, -0.05) is 34.6 Å². The van der Waals surface area contributed by atoms with Crippen molar-refractivity contribution in [3.63, 3.8) is 0 Å². The Bertz CT molecular complexity index is 303. The first-order valence-corrected chi connectivity index (χ1v) is 8.50. The van der Waals surface area contributed by atoms with Gasteiger partial charge in [0.15, 0.2) is 0 Å². The highest BCUT2D eigenvalue weighted by atomic mass is 16.5. The first kappa shape index (κ1) is 16.3. The number of hydrogen-bond donors (Lipinski definition) is 1. The van der Waals surface area contributed by atoms with E-state index in [2.05, 4.69) is 44.8 Å². The predicted octanol–water partition coefficient (Wildman–Crippen LogP) is 2.76. The van der Waals surface area contributed by atoms with Crippen LogP contribution in [-0.2, 0) is 4.74 Å². The summed E-state index contributed by atoms with van der Waals surface area (Å²) in [5.41, 5.74) is 0.290. The molecule has 3 heteroatoms. The standard InChI is InChI=1S/C17H34N2O/c1-6-19-8-7-14(11-19)10-18-15-9-16(17(15,4)5)20-12-13(2)3/h13-16,18H,6-12H2,1-5H3. The Morgan fingerprint density at radius 3 is 2.65 bits per heavy atom. The molecule has 1 aliphatic carbocycles. The summed E-state index contributed by atoms with van der Waals surface area (Å²) in [5.74, 6) is 1.48. The van der Waals surface area contributed by atoms with E-state index in [0.717, 1.165) is 12.5 Å². The molecule has 118 valence electrons. The first-order valence-electron chi connectivity index (χ1n) is 8.50. The molecular weight excluding hydrogens is 248 g/mol. The second kappa shape index (κ2) is 6.76. The minimum absolute atomic E-state index is 0.290. The summed E-state index contributed by atoms with van der Waals surface area (Å²) < 4.78 is 6.04. The Morgan fingerprint density at radius 1 is 1.35 bits per heavy atom. The van der Waals surface area contributed by atoms with E-state index in [-0.39, 0.29) is 5.41 Å². The predicted molar refractivity (Wildman–Crippen MR) is 85.0 cm³/mol. The molecule has 1 aliphatic heterocycles. The molecule has 1 N–H and O–H groups in total. The van der Waals surface area contributed by atoms with Crippen LogP contribution in [-0.4, -0.2) is 49.8 Å². The number of ether oxygens (including phenoxy) is 1. The van der Waals surface area contributed by atoms with Crippen molar-refractivity contribution in [3.8, 4) is 0 Å². The van der Waals surface area contributed by atoms with Crippen molar-refractivity contribution in [2.75, 3.05) is 32.8 Å². The summed E-state index contributed by atoms with van der Waals surface area (Å²) in [6, 6.07) is 0.635. The average molecular weight is 282 g/mol. The van der Waals surface area contributed by atoms with Crippen LogP contribution in [0.4, 0.5) is 0 Å². The molecule has 2 fully saturated rings. The van der Waals surface area contributed by atoms with Gasteiger partial charge in [0.1, 0.15) is 0 Å². The summed E-state index contributed by atoms with van der Waals surface area (Å²) >= 11 is 0. The van der Waals surface area contributed by atoms with Gasteiger partial charge >= 0.3 is 0 Å². The van der Waals surface area contributed by atoms with Crippen LogP contribution in [0.1, 0.15) is 47.5 Å². The second-order valence-electron chi connectivity index (χ2n) is 7.78. The van der Waals surface area contributed by atoms with Gasteiger partial charge in [0, 0.05) is 24.6 Å². The lowest BCUT2D eigenvalue weighted by molar-refractivity contribution is -0.124. The van der Waals surface area contributed by atoms with Gasteiger partial charge in [-0.15, -0.1) is 0 Å². The van der Waals surface area contributed by atoms with Crippen LogP contribution in [0, 0.1) is 17.3 Å². The molecule has 0 aromatic carbocycles. The van der Waals surface area contributed by atoms with Crippen LogP contribution < -0.4 is 5.32 Å². The number of nitrogens with zero attached hydrogens (tertiary/aromatic N) is 1. The van der Waals surface area contributed by atoms with Gasteiger partial charge in [0.25, 0.3) is 0 Å². The maximum absolute atomic E-state index is 6.04. The summed E-state index contributed by atoms with van der Waals surface area (Å²) in [5, 5.41) is 3.81. The zero-order valence-corrected chi connectivity index (χ0v) is 14.1. The van der Waals surface area contributed by atoms with Gasteiger partial charge < -0.3 is 15.0 Å². The van der Waals surface area contributed by atoms with Gasteiger partial charge in [0.05, 0.1) is 6.10 Å². The van der Waals surface area contributed by atoms with Crippen molar-refractivity contribution in [1.82, 2.24) is 10.2 Å². The highest BCUT2D eigenvalue weighted by Gasteiger charge is 2.48. The Kier molecular flexibility index (Phi) is 5.49. The van der Waals surface area contributed by atoms with Gasteiger partial charge in [-0.25, -0.2) is 0 Å². The molecule has 2 aliphatic rings. The maximum Gasteiger partial charge on any atom is 0.0656 e. The molecule has 20 heavy (non-hydrogen) atoms. The molecule has 3 unspecified atom stereocenters. The van der Waals surface area contributed by atoms with Crippen molar-refractivity contribution < 1.29 is 4.74 Å². The Morgan fingerprint density at radius 2 is 2.10 bits per heavy atom. The Hall–Kier alpha value is -0.120. The summed E-state index contributed by atoms with van der Waals surface area (Å²) in [6.45, 7) is 17.3. The zero-order valence-electron chi connectivity index (χ0n) is 14.1. The van der Waals surface area contributed by atoms with E-state index < -0.39 is 0 Å². The number of nitrogens with one attached hydrogen (secondary N) is 1. The Balaban J connectivity index is 1.68. The summed E-state index contributed by atoms with van der Waals surface area (Å²) in [7, 11) is 0. The van der Waals surface area contributed by atoms with Crippen molar-refractivity contribution in [3.05, 3.63) is 0 Å². The average Bonchev–Trinajstić information content (AvgIpc) is 2.84. The van der Waals surface area contributed by atoms with Gasteiger partial charge in [-0.3, -0.25) is 0 Å². The minimum atomic E-state index is 0.290. The lowest BCUT2D eigenvalue weighted by Gasteiger charge is -2.52. The summed E-state index contributed by atoms with van der Waals surface area (Å²) in [4.78, 5) is 2.56. The van der Waals surface area contributed by atoms with Crippen molar-refractivity contribution >= 4 is 0 Å². The maximum atomic E-state index is 6.04. The van der Waals surface area contributed by atoms with E-state index in [1.54, 1.807) is 0 Å². The number of rotatable bonds is 7. The summed E-state index contributed by atoms with van der Waals surface area (Å²) in [6.07, 6.45) is 2.99. The SMILES string of the molecule is CCN1CCC(CNC2CC(OCC(C)C)C2(C)C)C1. The molecule has 1 saturated heterocycles. The molecule has 0 spiro atoms. The molecule has 0 amide bonds. The van der Waals surface area contributed by atoms with Crippen LogP contribution in [0.5, 0.6) is 0 Å². The first-order chi connectivity index (χ1) is 9.43. The lowest BCUT2D eigenvalue weighted by Crippen LogP contribution is -2.61. The fourth-order valence-corrected chi connectivity index (χ4v) is 3.50. The molecule has 0 radical (unpaired) electrons. The number of hydrogen-bond acceptors (Lipinski definition) is 3. The van der Waals surface area contributed by atoms with E-state index >= 15 is 0 Å². The molecular formula is C17H34N2O. The van der Waals surface area contributed by atoms with E-state index in [1.807, 2.05) is 0 Å². The van der Waals surface area contributed by atoms with E-state index in [1.165, 1.54) is 39.0 Å². The number of likely N-dealkylation sites (tertiary alicyclic amines) is 1. The molecule has 1 heterocycles. The Labute approximate surface area is 125 Å². The second-order valence-corrected chi connectivity index (χ2v) is 7.78. The quantitative estimate of drug-likeness (QED) is 0.777. The van der Waals surface area contributed by atoms with Crippen molar-refractivity contribution in [1.29, 1.82) is 0 Å². The van der Waals surface area contributed by atoms with Crippen molar-refractivity contribution in [2.45, 2.75) is 59.6 Å². The topological polar surface area (TPSA) is 24.5 Å². The largest absolute Gasteiger partial charge is 0.377 e. The zero-order chi connectivity index (χ0) is 14.8. The lowest BCUT2D eigenvalue weighted by atomic mass is 9.64. The molecule has 0 aromatic rings. The van der Waals surface area contributed by atoms with Gasteiger partial charge in [-0.2, -0.15) is 0 Å². The van der Waals surface area contributed by atoms with Gasteiger partial charge in [-0.05, 0) is 44.3 Å². The molecule has 3 atom stereocenters. The monoisotopic (exact) mass is 282 g/mol. The van der Waals surface area contributed by atoms with E-state index in [4.69, 9.17) is 4.74 Å². The van der Waals surface area contributed by atoms with Gasteiger partial charge in [0.2, 0.25) is 0 Å². The van der Waals surface area contributed by atoms with E-state index in [9.17, 15) is 0 Å². The third-order valence-corrected chi connectivity index (χ3v) is 5.28. The molecule has 2 rings (SSSR count). The minimum Gasteiger partial charge on any atom is -0.377 e. The van der Waals surface area contributed by atoms with Crippen LogP contribution in [0.3, 0.4) is 0 Å². The van der Waals surface area contributed by atoms with Crippen LogP contribution in [0.15, 0.2) is 0 Å². The third-order valence-electron chi connectivity index (χ3n) is 5.28. The fourth-order valence-electron chi connectivity index (χ4n) is 3.50. The molecule has 0 bridgehead atoms. The molecule has 1 saturated carbocycles. The fraction of sp³-hybridized carbons (Fsp3) is 1.00. The third kappa shape index (κ3) is 3.75. The van der Waals surface area contributed by atoms with E-state index in [0.29, 0.717) is 18.1 Å². The molecule has 0 aromatic heterocycles. The smallest absolute Gasteiger partial charge is 0.0656 e. The van der Waals surface area contributed by atoms with Crippen LogP contribution in [0.2, 0.25) is 0 Å². The van der Waals surface area contributed by atoms with Crippen LogP contribution >= 0.6 is 0 Å². The highest BCUT2D eigenvalue weighted by molar-refractivity contribution is 5.03. The molecule has 3 nitrogen and oxygen atoms in total. The van der Waals surface area contributed by atoms with Crippen molar-refractivity contribution in [2.24, 2.45) is 17.3 Å². The van der Waals surface area contributed by atoms with Crippen LogP contribution in [0.25, 0.3) is 0 Å². The highest BCUT2D eigenvalue weighted by Crippen LogP contribution is 2.43.